The fourth-order valence-corrected chi connectivity index (χ4v) is 15.2. The molecule has 0 amide bonds. The van der Waals surface area contributed by atoms with Crippen LogP contribution in [-0.4, -0.2) is 29.1 Å². The minimum atomic E-state index is 0.628. The maximum absolute atomic E-state index is 6.96. The number of hydrogen-bond donors (Lipinski definition) is 0. The van der Waals surface area contributed by atoms with Crippen molar-refractivity contribution in [2.24, 2.45) is 0 Å². The first kappa shape index (κ1) is 56.8. The predicted octanol–water partition coefficient (Wildman–Crippen LogP) is 24.3. The summed E-state index contributed by atoms with van der Waals surface area (Å²) in [6, 6.07) is 120. The molecule has 6 aromatic heterocycles. The molecule has 8 nitrogen and oxygen atoms in total. The van der Waals surface area contributed by atoms with Crippen LogP contribution in [0.25, 0.3) is 200 Å². The lowest BCUT2D eigenvalue weighted by Crippen LogP contribution is -2.01. The van der Waals surface area contributed by atoms with Gasteiger partial charge in [-0.2, -0.15) is 0 Å². The first-order valence-electron chi connectivity index (χ1n) is 33.7. The lowest BCUT2D eigenvalue weighted by Gasteiger charge is -2.16. The van der Waals surface area contributed by atoms with Crippen molar-refractivity contribution in [3.05, 3.63) is 340 Å². The normalized spacial score (nSPS) is 11.8. The number of nitrogens with zero attached hydrogens (tertiary/aromatic N) is 6. The van der Waals surface area contributed by atoms with E-state index in [2.05, 4.69) is 325 Å². The topological polar surface area (TPSA) is 87.7 Å². The molecule has 14 aromatic carbocycles. The largest absolute Gasteiger partial charge is 0.456 e. The van der Waals surface area contributed by atoms with E-state index in [1.807, 2.05) is 24.3 Å². The Kier molecular flexibility index (Phi) is 13.1. The van der Waals surface area contributed by atoms with Crippen LogP contribution in [0, 0.1) is 0 Å². The predicted molar refractivity (Wildman–Crippen MR) is 410 cm³/mol. The Morgan fingerprint density at radius 3 is 1.28 bits per heavy atom. The van der Waals surface area contributed by atoms with Crippen molar-refractivity contribution < 1.29 is 8.83 Å². The zero-order valence-electron chi connectivity index (χ0n) is 53.8. The summed E-state index contributed by atoms with van der Waals surface area (Å²) in [5.41, 5.74) is 25.2. The third-order valence-electron chi connectivity index (χ3n) is 19.8. The summed E-state index contributed by atoms with van der Waals surface area (Å²) in [6.45, 7) is 0. The number of para-hydroxylation sites is 7. The minimum absolute atomic E-state index is 0.628. The molecule has 6 heterocycles. The van der Waals surface area contributed by atoms with Crippen molar-refractivity contribution in [1.29, 1.82) is 0 Å². The number of furan rings is 2. The van der Waals surface area contributed by atoms with Gasteiger partial charge in [0.25, 0.3) is 0 Å². The highest BCUT2D eigenvalue weighted by atomic mass is 16.3. The van der Waals surface area contributed by atoms with Crippen LogP contribution < -0.4 is 0 Å². The van der Waals surface area contributed by atoms with Crippen LogP contribution in [0.4, 0.5) is 0 Å². The van der Waals surface area contributed by atoms with Crippen LogP contribution in [0.1, 0.15) is 0 Å². The molecule has 0 N–H and O–H groups in total. The average molecular weight is 1280 g/mol. The lowest BCUT2D eigenvalue weighted by atomic mass is 9.97. The highest BCUT2D eigenvalue weighted by Gasteiger charge is 2.24. The van der Waals surface area contributed by atoms with Gasteiger partial charge in [-0.1, -0.05) is 255 Å². The summed E-state index contributed by atoms with van der Waals surface area (Å²) < 4.78 is 18.0. The Labute approximate surface area is 574 Å². The van der Waals surface area contributed by atoms with Gasteiger partial charge in [0.15, 0.2) is 11.6 Å². The van der Waals surface area contributed by atoms with Gasteiger partial charge in [0.1, 0.15) is 22.3 Å². The van der Waals surface area contributed by atoms with Gasteiger partial charge in [-0.15, -0.1) is 0 Å². The van der Waals surface area contributed by atoms with Crippen molar-refractivity contribution in [2.45, 2.75) is 0 Å². The minimum Gasteiger partial charge on any atom is -0.456 e. The second-order valence-electron chi connectivity index (χ2n) is 25.6. The van der Waals surface area contributed by atoms with Crippen LogP contribution >= 0.6 is 0 Å². The molecule has 20 rings (SSSR count). The molecule has 0 saturated heterocycles. The fourth-order valence-electron chi connectivity index (χ4n) is 15.2. The molecule has 0 unspecified atom stereocenters. The quantitative estimate of drug-likeness (QED) is 0.128. The third-order valence-corrected chi connectivity index (χ3v) is 19.8. The van der Waals surface area contributed by atoms with E-state index < -0.39 is 0 Å². The second kappa shape index (κ2) is 23.1. The van der Waals surface area contributed by atoms with E-state index in [4.69, 9.17) is 28.8 Å². The summed E-state index contributed by atoms with van der Waals surface area (Å²) in [5, 5.41) is 8.94. The zero-order chi connectivity index (χ0) is 65.8. The smallest absolute Gasteiger partial charge is 0.161 e. The average Bonchev–Trinajstić information content (AvgIpc) is 1.58. The van der Waals surface area contributed by atoms with Gasteiger partial charge in [0.2, 0.25) is 0 Å². The van der Waals surface area contributed by atoms with E-state index in [0.29, 0.717) is 11.6 Å². The van der Waals surface area contributed by atoms with E-state index in [9.17, 15) is 0 Å². The van der Waals surface area contributed by atoms with Crippen LogP contribution in [0.15, 0.2) is 349 Å². The molecule has 0 fully saturated rings. The Morgan fingerprint density at radius 2 is 0.610 bits per heavy atom. The molecule has 466 valence electrons. The Balaban J connectivity index is 0.684. The Bertz CT molecular complexity index is 6620. The Morgan fingerprint density at radius 1 is 0.200 bits per heavy atom. The summed E-state index contributed by atoms with van der Waals surface area (Å²) >= 11 is 0. The van der Waals surface area contributed by atoms with Gasteiger partial charge < -0.3 is 18.0 Å². The number of benzene rings is 14. The SMILES string of the molecule is c1ccc(-c2cc(-c3ccccc3-n3c4ccccc4c4ccccc43)nc(-c3cccc(-c4cccc5c4oc4ccc(-c6ccc7c8ccccc8n(-c8ccccc8-c8cc(-c9ccccc9)nc(-c9ccccc9-c9ccc%10oc%11ccccc%11c%10c9)n8)c7c6)cc45)c3)n2)cc1. The first-order chi connectivity index (χ1) is 49.6. The summed E-state index contributed by atoms with van der Waals surface area (Å²) in [5.74, 6) is 1.26. The maximum atomic E-state index is 6.96. The molecule has 0 radical (unpaired) electrons. The zero-order valence-corrected chi connectivity index (χ0v) is 53.8. The highest BCUT2D eigenvalue weighted by Crippen LogP contribution is 2.45. The van der Waals surface area contributed by atoms with Crippen molar-refractivity contribution in [3.8, 4) is 113 Å². The number of rotatable bonds is 11. The van der Waals surface area contributed by atoms with Crippen molar-refractivity contribution >= 4 is 87.5 Å². The fraction of sp³-hybridized carbons (Fsp3) is 0. The van der Waals surface area contributed by atoms with E-state index in [1.54, 1.807) is 0 Å². The van der Waals surface area contributed by atoms with Gasteiger partial charge >= 0.3 is 0 Å². The van der Waals surface area contributed by atoms with Crippen molar-refractivity contribution in [3.63, 3.8) is 0 Å². The van der Waals surface area contributed by atoms with Gasteiger partial charge in [-0.25, -0.2) is 19.9 Å². The summed E-state index contributed by atoms with van der Waals surface area (Å²) in [7, 11) is 0. The van der Waals surface area contributed by atoms with E-state index >= 15 is 0 Å². The second-order valence-corrected chi connectivity index (χ2v) is 25.6. The van der Waals surface area contributed by atoms with E-state index in [0.717, 1.165) is 178 Å². The standard InChI is InChI=1S/C92H56N6O2/c1-3-23-57(24-4-1)77-55-79(73-35-12-18-42-84(73)97-81-39-15-9-30-66(81)67-31-10-16-40-82(67)97)95-91(93-77)63-28-21-27-61(51-63)65-37-22-38-71-76-52-59(46-49-89(76)100-90(65)71)60-45-48-69-68-32-11-17-41-83(68)98(86(69)54-60)85-43-19-13-36-74(85)80-56-78(58-25-5-2-6-26-58)94-92(96-80)72-34-8-7-29-64(72)62-47-50-88-75(53-62)70-33-14-20-44-87(70)99-88/h1-56H. The molecule has 0 saturated carbocycles. The van der Waals surface area contributed by atoms with Gasteiger partial charge in [0, 0.05) is 82.0 Å². The molecule has 0 spiro atoms. The van der Waals surface area contributed by atoms with Crippen molar-refractivity contribution in [2.75, 3.05) is 0 Å². The van der Waals surface area contributed by atoms with Crippen LogP contribution in [0.3, 0.4) is 0 Å². The monoisotopic (exact) mass is 1280 g/mol. The Hall–Kier alpha value is -13.6. The van der Waals surface area contributed by atoms with Gasteiger partial charge in [-0.3, -0.25) is 0 Å². The number of fused-ring (bicyclic) bond motifs is 12. The van der Waals surface area contributed by atoms with E-state index in [1.165, 1.54) is 10.8 Å². The maximum Gasteiger partial charge on any atom is 0.161 e. The van der Waals surface area contributed by atoms with Gasteiger partial charge in [-0.05, 0) is 113 Å². The van der Waals surface area contributed by atoms with Crippen LogP contribution in [0.2, 0.25) is 0 Å². The molecule has 0 aliphatic rings. The molecular weight excluding hydrogens is 1220 g/mol. The first-order valence-corrected chi connectivity index (χ1v) is 33.7. The van der Waals surface area contributed by atoms with Crippen LogP contribution in [0.5, 0.6) is 0 Å². The summed E-state index contributed by atoms with van der Waals surface area (Å²) in [4.78, 5) is 21.8. The van der Waals surface area contributed by atoms with E-state index in [-0.39, 0.29) is 0 Å². The third kappa shape index (κ3) is 9.37. The molecule has 0 aliphatic heterocycles. The summed E-state index contributed by atoms with van der Waals surface area (Å²) in [6.07, 6.45) is 0. The molecule has 20 aromatic rings. The molecule has 0 bridgehead atoms. The van der Waals surface area contributed by atoms with Gasteiger partial charge in [0.05, 0.1) is 56.2 Å². The molecule has 8 heteroatoms. The highest BCUT2D eigenvalue weighted by molar-refractivity contribution is 6.14. The molecule has 0 atom stereocenters. The number of aromatic nitrogens is 6. The lowest BCUT2D eigenvalue weighted by molar-refractivity contribution is 0.669. The molecule has 100 heavy (non-hydrogen) atoms. The van der Waals surface area contributed by atoms with Crippen molar-refractivity contribution in [1.82, 2.24) is 29.1 Å². The van der Waals surface area contributed by atoms with Crippen LogP contribution in [-0.2, 0) is 0 Å². The molecule has 0 aliphatic carbocycles. The molecular formula is C92H56N6O2. The number of hydrogen-bond acceptors (Lipinski definition) is 6.